The zero-order chi connectivity index (χ0) is 13.8. The minimum Gasteiger partial charge on any atom is -0.376 e. The molecule has 0 aromatic heterocycles. The Hall–Kier alpha value is -1.76. The van der Waals surface area contributed by atoms with Gasteiger partial charge in [0.05, 0.1) is 11.0 Å². The first kappa shape index (κ1) is 13.7. The van der Waals surface area contributed by atoms with Crippen LogP contribution in [-0.2, 0) is 4.74 Å². The van der Waals surface area contributed by atoms with Gasteiger partial charge in [0, 0.05) is 19.2 Å². The lowest BCUT2D eigenvalue weighted by Crippen LogP contribution is -2.27. The summed E-state index contributed by atoms with van der Waals surface area (Å²) in [6.45, 7) is 0.848. The molecule has 1 aliphatic rings. The van der Waals surface area contributed by atoms with Gasteiger partial charge in [-0.25, -0.2) is 8.78 Å². The molecule has 5 nitrogen and oxygen atoms in total. The standard InChI is InChI=1S/C12H14F2N2O3/c13-9-4-5-10(16(17)18)12(11(9)14)15-7-8-3-1-2-6-19-8/h4-5,8,15H,1-3,6-7H2. The number of rotatable bonds is 4. The van der Waals surface area contributed by atoms with Gasteiger partial charge in [-0.2, -0.15) is 0 Å². The molecule has 2 rings (SSSR count). The van der Waals surface area contributed by atoms with Crippen LogP contribution in [0.15, 0.2) is 12.1 Å². The highest BCUT2D eigenvalue weighted by molar-refractivity contribution is 5.62. The van der Waals surface area contributed by atoms with Crippen molar-refractivity contribution in [2.75, 3.05) is 18.5 Å². The molecule has 1 fully saturated rings. The normalized spacial score (nSPS) is 19.2. The average Bonchev–Trinajstić information content (AvgIpc) is 2.41. The Kier molecular flexibility index (Phi) is 4.26. The summed E-state index contributed by atoms with van der Waals surface area (Å²) in [5.41, 5.74) is -0.895. The Morgan fingerprint density at radius 3 is 2.84 bits per heavy atom. The predicted molar refractivity (Wildman–Crippen MR) is 65.1 cm³/mol. The molecule has 1 unspecified atom stereocenters. The van der Waals surface area contributed by atoms with Gasteiger partial charge in [-0.3, -0.25) is 10.1 Å². The zero-order valence-electron chi connectivity index (χ0n) is 10.2. The van der Waals surface area contributed by atoms with Crippen LogP contribution in [-0.4, -0.2) is 24.2 Å². The number of hydrogen-bond donors (Lipinski definition) is 1. The van der Waals surface area contributed by atoms with E-state index < -0.39 is 27.9 Å². The molecule has 1 aromatic rings. The van der Waals surface area contributed by atoms with Crippen LogP contribution in [0.4, 0.5) is 20.2 Å². The number of nitro groups is 1. The Morgan fingerprint density at radius 1 is 1.42 bits per heavy atom. The lowest BCUT2D eigenvalue weighted by atomic mass is 10.1. The first-order valence-electron chi connectivity index (χ1n) is 6.07. The van der Waals surface area contributed by atoms with Crippen molar-refractivity contribution in [1.29, 1.82) is 0 Å². The van der Waals surface area contributed by atoms with Crippen LogP contribution in [0.5, 0.6) is 0 Å². The Bertz CT molecular complexity index is 476. The van der Waals surface area contributed by atoms with Crippen molar-refractivity contribution in [3.05, 3.63) is 33.9 Å². The van der Waals surface area contributed by atoms with Crippen molar-refractivity contribution in [1.82, 2.24) is 0 Å². The van der Waals surface area contributed by atoms with Gasteiger partial charge in [0.1, 0.15) is 0 Å². The maximum Gasteiger partial charge on any atom is 0.295 e. The van der Waals surface area contributed by atoms with Gasteiger partial charge >= 0.3 is 0 Å². The smallest absolute Gasteiger partial charge is 0.295 e. The second-order valence-electron chi connectivity index (χ2n) is 4.38. The summed E-state index contributed by atoms with van der Waals surface area (Å²) in [7, 11) is 0. The fourth-order valence-corrected chi connectivity index (χ4v) is 2.05. The van der Waals surface area contributed by atoms with Gasteiger partial charge in [0.2, 0.25) is 0 Å². The Balaban J connectivity index is 2.13. The van der Waals surface area contributed by atoms with Crippen LogP contribution in [0.25, 0.3) is 0 Å². The van der Waals surface area contributed by atoms with Gasteiger partial charge in [0.15, 0.2) is 17.3 Å². The largest absolute Gasteiger partial charge is 0.376 e. The second-order valence-corrected chi connectivity index (χ2v) is 4.38. The number of nitrogens with zero attached hydrogens (tertiary/aromatic N) is 1. The van der Waals surface area contributed by atoms with Gasteiger partial charge in [-0.05, 0) is 25.3 Å². The van der Waals surface area contributed by atoms with Crippen LogP contribution >= 0.6 is 0 Å². The molecule has 0 aliphatic carbocycles. The highest BCUT2D eigenvalue weighted by Crippen LogP contribution is 2.29. The molecule has 1 saturated heterocycles. The zero-order valence-corrected chi connectivity index (χ0v) is 10.2. The molecule has 19 heavy (non-hydrogen) atoms. The summed E-state index contributed by atoms with van der Waals surface area (Å²) >= 11 is 0. The van der Waals surface area contributed by atoms with E-state index in [1.165, 1.54) is 0 Å². The first-order chi connectivity index (χ1) is 9.09. The highest BCUT2D eigenvalue weighted by atomic mass is 19.2. The van der Waals surface area contributed by atoms with Crippen molar-refractivity contribution >= 4 is 11.4 Å². The van der Waals surface area contributed by atoms with E-state index in [9.17, 15) is 18.9 Å². The van der Waals surface area contributed by atoms with E-state index in [1.807, 2.05) is 0 Å². The number of benzene rings is 1. The summed E-state index contributed by atoms with van der Waals surface area (Å²) < 4.78 is 32.1. The second kappa shape index (κ2) is 5.92. The van der Waals surface area contributed by atoms with E-state index in [4.69, 9.17) is 4.74 Å². The van der Waals surface area contributed by atoms with Crippen LogP contribution in [0.3, 0.4) is 0 Å². The maximum absolute atomic E-state index is 13.6. The minimum absolute atomic E-state index is 0.129. The average molecular weight is 272 g/mol. The third-order valence-corrected chi connectivity index (χ3v) is 3.05. The molecule has 104 valence electrons. The molecule has 1 aliphatic heterocycles. The van der Waals surface area contributed by atoms with Gasteiger partial charge in [-0.1, -0.05) is 0 Å². The Morgan fingerprint density at radius 2 is 2.21 bits per heavy atom. The SMILES string of the molecule is O=[N+]([O-])c1ccc(F)c(F)c1NCC1CCCCO1. The maximum atomic E-state index is 13.6. The predicted octanol–water partition coefficient (Wildman–Crippen LogP) is 2.85. The molecule has 1 aromatic carbocycles. The van der Waals surface area contributed by atoms with E-state index >= 15 is 0 Å². The van der Waals surface area contributed by atoms with Gasteiger partial charge in [0.25, 0.3) is 5.69 Å². The van der Waals surface area contributed by atoms with Crippen LogP contribution in [0, 0.1) is 21.7 Å². The molecule has 0 radical (unpaired) electrons. The third-order valence-electron chi connectivity index (χ3n) is 3.05. The minimum atomic E-state index is -1.23. The fraction of sp³-hybridized carbons (Fsp3) is 0.500. The van der Waals surface area contributed by atoms with Crippen LogP contribution in [0.1, 0.15) is 19.3 Å². The summed E-state index contributed by atoms with van der Waals surface area (Å²) in [6, 6.07) is 1.69. The summed E-state index contributed by atoms with van der Waals surface area (Å²) in [6.07, 6.45) is 2.65. The number of ether oxygens (including phenoxy) is 1. The first-order valence-corrected chi connectivity index (χ1v) is 6.07. The van der Waals surface area contributed by atoms with E-state index in [0.717, 1.165) is 31.4 Å². The van der Waals surface area contributed by atoms with Gasteiger partial charge in [-0.15, -0.1) is 0 Å². The van der Waals surface area contributed by atoms with Crippen LogP contribution < -0.4 is 5.32 Å². The lowest BCUT2D eigenvalue weighted by Gasteiger charge is -2.23. The fourth-order valence-electron chi connectivity index (χ4n) is 2.05. The molecule has 7 heteroatoms. The van der Waals surface area contributed by atoms with Crippen molar-refractivity contribution in [3.8, 4) is 0 Å². The van der Waals surface area contributed by atoms with Crippen molar-refractivity contribution < 1.29 is 18.4 Å². The van der Waals surface area contributed by atoms with Crippen molar-refractivity contribution in [2.24, 2.45) is 0 Å². The lowest BCUT2D eigenvalue weighted by molar-refractivity contribution is -0.384. The molecule has 1 heterocycles. The molecular formula is C12H14F2N2O3. The number of halogens is 2. The molecule has 0 spiro atoms. The number of hydrogen-bond acceptors (Lipinski definition) is 4. The molecule has 0 saturated carbocycles. The summed E-state index contributed by atoms with van der Waals surface area (Å²) in [5.74, 6) is -2.34. The van der Waals surface area contributed by atoms with E-state index in [1.54, 1.807) is 0 Å². The molecule has 0 amide bonds. The van der Waals surface area contributed by atoms with Gasteiger partial charge < -0.3 is 10.1 Å². The molecule has 1 atom stereocenters. The quantitative estimate of drug-likeness (QED) is 0.676. The highest BCUT2D eigenvalue weighted by Gasteiger charge is 2.23. The Labute approximate surface area is 108 Å². The monoisotopic (exact) mass is 272 g/mol. The van der Waals surface area contributed by atoms with E-state index in [0.29, 0.717) is 6.61 Å². The van der Waals surface area contributed by atoms with Crippen molar-refractivity contribution in [3.63, 3.8) is 0 Å². The van der Waals surface area contributed by atoms with Crippen LogP contribution in [0.2, 0.25) is 0 Å². The molecular weight excluding hydrogens is 258 g/mol. The van der Waals surface area contributed by atoms with E-state index in [2.05, 4.69) is 5.32 Å². The number of nitro benzene ring substituents is 1. The third kappa shape index (κ3) is 3.17. The number of nitrogens with one attached hydrogen (secondary N) is 1. The van der Waals surface area contributed by atoms with E-state index in [-0.39, 0.29) is 12.6 Å². The summed E-state index contributed by atoms with van der Waals surface area (Å²) in [4.78, 5) is 10.0. The molecule has 1 N–H and O–H groups in total. The summed E-state index contributed by atoms with van der Waals surface area (Å²) in [5, 5.41) is 13.4. The number of anilines is 1. The molecule has 0 bridgehead atoms. The van der Waals surface area contributed by atoms with Crippen molar-refractivity contribution in [2.45, 2.75) is 25.4 Å². The topological polar surface area (TPSA) is 64.4 Å².